The summed E-state index contributed by atoms with van der Waals surface area (Å²) in [5.74, 6) is -2.19. The number of ether oxygens (including phenoxy) is 2. The van der Waals surface area contributed by atoms with Gasteiger partial charge in [0.05, 0.1) is 12.2 Å². The van der Waals surface area contributed by atoms with Crippen molar-refractivity contribution in [1.29, 1.82) is 0 Å². The summed E-state index contributed by atoms with van der Waals surface area (Å²) < 4.78 is 11.7. The number of rotatable bonds is 7. The van der Waals surface area contributed by atoms with Crippen LogP contribution in [0.5, 0.6) is 0 Å². The maximum absolute atomic E-state index is 11.2. The molecule has 1 N–H and O–H groups in total. The Hall–Kier alpha value is -1.39. The summed E-state index contributed by atoms with van der Waals surface area (Å²) >= 11 is 0. The number of carboxylic acids is 1. The van der Waals surface area contributed by atoms with E-state index in [0.29, 0.717) is 0 Å². The van der Waals surface area contributed by atoms with E-state index in [-0.39, 0.29) is 18.6 Å². The van der Waals surface area contributed by atoms with Crippen LogP contribution in [0.25, 0.3) is 0 Å². The van der Waals surface area contributed by atoms with Gasteiger partial charge in [-0.1, -0.05) is 30.3 Å². The van der Waals surface area contributed by atoms with E-state index in [1.807, 2.05) is 58.0 Å². The Labute approximate surface area is 114 Å². The predicted molar refractivity (Wildman–Crippen MR) is 72.8 cm³/mol. The predicted octanol–water partition coefficient (Wildman–Crippen LogP) is 3.16. The number of benzene rings is 1. The summed E-state index contributed by atoms with van der Waals surface area (Å²) in [6.07, 6.45) is -0.510. The van der Waals surface area contributed by atoms with Gasteiger partial charge >= 0.3 is 5.97 Å². The number of carboxylic acid groups (broad SMARTS) is 1. The minimum atomic E-state index is -1.24. The Balaban J connectivity index is 3.20. The zero-order chi connectivity index (χ0) is 14.5. The van der Waals surface area contributed by atoms with Crippen molar-refractivity contribution < 1.29 is 19.4 Å². The standard InChI is InChI=1S/C15H22O4/c1-11(2)18-15(10-14(16)17,19-12(3)4)13-8-6-5-7-9-13/h5-9,11-12H,10H2,1-4H3,(H,16,17). The van der Waals surface area contributed by atoms with E-state index in [4.69, 9.17) is 9.47 Å². The van der Waals surface area contributed by atoms with Crippen molar-refractivity contribution in [1.82, 2.24) is 0 Å². The smallest absolute Gasteiger partial charge is 0.309 e. The molecule has 0 saturated heterocycles. The third-order valence-electron chi connectivity index (χ3n) is 2.45. The van der Waals surface area contributed by atoms with E-state index in [1.54, 1.807) is 0 Å². The van der Waals surface area contributed by atoms with Gasteiger partial charge in [-0.3, -0.25) is 4.79 Å². The molecule has 4 nitrogen and oxygen atoms in total. The molecule has 0 fully saturated rings. The van der Waals surface area contributed by atoms with Gasteiger partial charge in [0.2, 0.25) is 5.79 Å². The molecule has 4 heteroatoms. The number of hydrogen-bond donors (Lipinski definition) is 1. The molecule has 1 aromatic rings. The second-order valence-electron chi connectivity index (χ2n) is 5.02. The molecule has 0 aromatic heterocycles. The molecule has 0 spiro atoms. The molecule has 1 aromatic carbocycles. The Bertz CT molecular complexity index is 388. The van der Waals surface area contributed by atoms with Crippen molar-refractivity contribution in [3.63, 3.8) is 0 Å². The van der Waals surface area contributed by atoms with Crippen LogP contribution in [0.3, 0.4) is 0 Å². The highest BCUT2D eigenvalue weighted by Crippen LogP contribution is 2.34. The Morgan fingerprint density at radius 1 is 1.11 bits per heavy atom. The van der Waals surface area contributed by atoms with Crippen molar-refractivity contribution in [2.24, 2.45) is 0 Å². The van der Waals surface area contributed by atoms with Gasteiger partial charge in [0.15, 0.2) is 0 Å². The fraction of sp³-hybridized carbons (Fsp3) is 0.533. The average molecular weight is 266 g/mol. The highest BCUT2D eigenvalue weighted by Gasteiger charge is 2.39. The van der Waals surface area contributed by atoms with Crippen LogP contribution < -0.4 is 0 Å². The zero-order valence-corrected chi connectivity index (χ0v) is 11.9. The Kier molecular flexibility index (Phi) is 5.51. The van der Waals surface area contributed by atoms with Crippen LogP contribution >= 0.6 is 0 Å². The summed E-state index contributed by atoms with van der Waals surface area (Å²) in [5, 5.41) is 9.18. The van der Waals surface area contributed by atoms with Crippen LogP contribution in [0.4, 0.5) is 0 Å². The van der Waals surface area contributed by atoms with E-state index < -0.39 is 11.8 Å². The van der Waals surface area contributed by atoms with Crippen molar-refractivity contribution in [2.75, 3.05) is 0 Å². The average Bonchev–Trinajstić information content (AvgIpc) is 2.27. The maximum atomic E-state index is 11.2. The van der Waals surface area contributed by atoms with Crippen molar-refractivity contribution in [3.05, 3.63) is 35.9 Å². The van der Waals surface area contributed by atoms with Gasteiger partial charge in [0, 0.05) is 5.56 Å². The summed E-state index contributed by atoms with van der Waals surface area (Å²) in [5.41, 5.74) is 0.722. The van der Waals surface area contributed by atoms with Crippen LogP contribution in [0.15, 0.2) is 30.3 Å². The fourth-order valence-corrected chi connectivity index (χ4v) is 2.00. The first-order valence-corrected chi connectivity index (χ1v) is 6.48. The Morgan fingerprint density at radius 3 is 1.95 bits per heavy atom. The van der Waals surface area contributed by atoms with Crippen LogP contribution in [-0.2, 0) is 20.1 Å². The second kappa shape index (κ2) is 6.68. The monoisotopic (exact) mass is 266 g/mol. The van der Waals surface area contributed by atoms with Crippen LogP contribution in [0.1, 0.15) is 39.7 Å². The van der Waals surface area contributed by atoms with Crippen LogP contribution in [0.2, 0.25) is 0 Å². The van der Waals surface area contributed by atoms with Crippen LogP contribution in [0, 0.1) is 0 Å². The van der Waals surface area contributed by atoms with E-state index >= 15 is 0 Å². The van der Waals surface area contributed by atoms with Gasteiger partial charge in [0.25, 0.3) is 0 Å². The van der Waals surface area contributed by atoms with E-state index in [1.165, 1.54) is 0 Å². The lowest BCUT2D eigenvalue weighted by Crippen LogP contribution is -2.39. The lowest BCUT2D eigenvalue weighted by Gasteiger charge is -2.36. The summed E-state index contributed by atoms with van der Waals surface area (Å²) in [7, 11) is 0. The molecule has 106 valence electrons. The quantitative estimate of drug-likeness (QED) is 0.770. The molecule has 0 aliphatic heterocycles. The molecule has 0 unspecified atom stereocenters. The maximum Gasteiger partial charge on any atom is 0.309 e. The van der Waals surface area contributed by atoms with Crippen molar-refractivity contribution >= 4 is 5.97 Å². The van der Waals surface area contributed by atoms with E-state index in [9.17, 15) is 9.90 Å². The van der Waals surface area contributed by atoms with Crippen LogP contribution in [-0.4, -0.2) is 23.3 Å². The minimum absolute atomic E-state index is 0.140. The molecule has 0 atom stereocenters. The molecule has 0 bridgehead atoms. The topological polar surface area (TPSA) is 55.8 Å². The second-order valence-corrected chi connectivity index (χ2v) is 5.02. The third-order valence-corrected chi connectivity index (χ3v) is 2.45. The molecule has 0 radical (unpaired) electrons. The SMILES string of the molecule is CC(C)OC(CC(=O)O)(OC(C)C)c1ccccc1. The Morgan fingerprint density at radius 2 is 1.58 bits per heavy atom. The fourth-order valence-electron chi connectivity index (χ4n) is 2.00. The van der Waals surface area contributed by atoms with E-state index in [2.05, 4.69) is 0 Å². The molecular weight excluding hydrogens is 244 g/mol. The van der Waals surface area contributed by atoms with Gasteiger partial charge in [0.1, 0.15) is 6.42 Å². The minimum Gasteiger partial charge on any atom is -0.481 e. The first-order valence-electron chi connectivity index (χ1n) is 6.48. The molecule has 0 aliphatic rings. The third kappa shape index (κ3) is 4.65. The number of carbonyl (C=O) groups is 1. The van der Waals surface area contributed by atoms with Gasteiger partial charge < -0.3 is 14.6 Å². The summed E-state index contributed by atoms with van der Waals surface area (Å²) in [4.78, 5) is 11.2. The van der Waals surface area contributed by atoms with Crippen molar-refractivity contribution in [2.45, 2.75) is 52.1 Å². The zero-order valence-electron chi connectivity index (χ0n) is 11.9. The molecule has 19 heavy (non-hydrogen) atoms. The van der Waals surface area contributed by atoms with Gasteiger partial charge in [-0.25, -0.2) is 0 Å². The summed E-state index contributed by atoms with van der Waals surface area (Å²) in [6, 6.07) is 9.22. The molecule has 0 heterocycles. The highest BCUT2D eigenvalue weighted by molar-refractivity contribution is 5.68. The summed E-state index contributed by atoms with van der Waals surface area (Å²) in [6.45, 7) is 7.46. The number of hydrogen-bond acceptors (Lipinski definition) is 3. The molecular formula is C15H22O4. The number of aliphatic carboxylic acids is 1. The van der Waals surface area contributed by atoms with Gasteiger partial charge in [-0.2, -0.15) is 0 Å². The molecule has 0 amide bonds. The highest BCUT2D eigenvalue weighted by atomic mass is 16.7. The lowest BCUT2D eigenvalue weighted by molar-refractivity contribution is -0.280. The molecule has 0 saturated carbocycles. The normalized spacial score (nSPS) is 12.1. The van der Waals surface area contributed by atoms with Gasteiger partial charge in [-0.05, 0) is 27.7 Å². The first kappa shape index (κ1) is 15.7. The van der Waals surface area contributed by atoms with Crippen molar-refractivity contribution in [3.8, 4) is 0 Å². The largest absolute Gasteiger partial charge is 0.481 e. The molecule has 1 rings (SSSR count). The first-order chi connectivity index (χ1) is 8.85. The van der Waals surface area contributed by atoms with E-state index in [0.717, 1.165) is 5.56 Å². The van der Waals surface area contributed by atoms with Gasteiger partial charge in [-0.15, -0.1) is 0 Å². The molecule has 0 aliphatic carbocycles. The lowest BCUT2D eigenvalue weighted by atomic mass is 10.0.